The highest BCUT2D eigenvalue weighted by atomic mass is 16.3. The SMILES string of the molecule is O=C(Cc1cccnc1)N1CC(=O)N2[C@@H](CO)[C@H](c3ccc(C=Cc4ccccc4)cc3)[C@@H]2C1. The largest absolute Gasteiger partial charge is 0.394 e. The molecule has 3 aromatic rings. The van der Waals surface area contributed by atoms with E-state index in [9.17, 15) is 14.7 Å². The first-order chi connectivity index (χ1) is 16.6. The van der Waals surface area contributed by atoms with Crippen LogP contribution in [0.5, 0.6) is 0 Å². The molecule has 3 heterocycles. The lowest BCUT2D eigenvalue weighted by Gasteiger charge is -2.58. The van der Waals surface area contributed by atoms with E-state index in [1.165, 1.54) is 0 Å². The van der Waals surface area contributed by atoms with Crippen LogP contribution in [0.15, 0.2) is 79.1 Å². The number of rotatable bonds is 6. The van der Waals surface area contributed by atoms with Gasteiger partial charge in [-0.25, -0.2) is 0 Å². The predicted molar refractivity (Wildman–Crippen MR) is 131 cm³/mol. The van der Waals surface area contributed by atoms with Crippen molar-refractivity contribution in [2.24, 2.45) is 0 Å². The van der Waals surface area contributed by atoms with Gasteiger partial charge in [0.2, 0.25) is 11.8 Å². The number of aromatic nitrogens is 1. The fourth-order valence-corrected chi connectivity index (χ4v) is 5.06. The van der Waals surface area contributed by atoms with Gasteiger partial charge in [-0.3, -0.25) is 14.6 Å². The minimum atomic E-state index is -0.251. The van der Waals surface area contributed by atoms with E-state index in [-0.39, 0.29) is 49.4 Å². The number of hydrogen-bond acceptors (Lipinski definition) is 4. The summed E-state index contributed by atoms with van der Waals surface area (Å²) >= 11 is 0. The molecule has 0 aliphatic carbocycles. The van der Waals surface area contributed by atoms with Gasteiger partial charge in [-0.15, -0.1) is 0 Å². The number of benzene rings is 2. The molecule has 2 fully saturated rings. The number of piperazine rings is 1. The molecule has 3 atom stereocenters. The van der Waals surface area contributed by atoms with Gasteiger partial charge in [0.1, 0.15) is 0 Å². The summed E-state index contributed by atoms with van der Waals surface area (Å²) in [7, 11) is 0. The Morgan fingerprint density at radius 1 is 1.00 bits per heavy atom. The lowest BCUT2D eigenvalue weighted by molar-refractivity contribution is -0.166. The molecule has 0 unspecified atom stereocenters. The third-order valence-electron chi connectivity index (χ3n) is 6.77. The zero-order valence-corrected chi connectivity index (χ0v) is 18.8. The molecule has 5 rings (SSSR count). The van der Waals surface area contributed by atoms with Gasteiger partial charge in [0, 0.05) is 24.9 Å². The van der Waals surface area contributed by atoms with E-state index >= 15 is 0 Å². The van der Waals surface area contributed by atoms with Crippen LogP contribution in [0.2, 0.25) is 0 Å². The minimum absolute atomic E-state index is 0.00454. The molecule has 0 spiro atoms. The first-order valence-electron chi connectivity index (χ1n) is 11.6. The zero-order valence-electron chi connectivity index (χ0n) is 18.8. The van der Waals surface area contributed by atoms with Crippen LogP contribution in [-0.2, 0) is 16.0 Å². The maximum atomic E-state index is 12.9. The highest BCUT2D eigenvalue weighted by Crippen LogP contribution is 2.43. The molecule has 2 aromatic carbocycles. The van der Waals surface area contributed by atoms with E-state index in [0.717, 1.165) is 22.3 Å². The zero-order chi connectivity index (χ0) is 23.5. The van der Waals surface area contributed by atoms with Crippen molar-refractivity contribution >= 4 is 24.0 Å². The van der Waals surface area contributed by atoms with Gasteiger partial charge in [-0.05, 0) is 28.3 Å². The normalized spacial score (nSPS) is 21.9. The van der Waals surface area contributed by atoms with Crippen molar-refractivity contribution in [1.29, 1.82) is 0 Å². The highest BCUT2D eigenvalue weighted by Gasteiger charge is 2.54. The molecule has 2 aliphatic heterocycles. The average molecular weight is 454 g/mol. The molecule has 2 saturated heterocycles. The van der Waals surface area contributed by atoms with Crippen LogP contribution < -0.4 is 0 Å². The van der Waals surface area contributed by atoms with Crippen LogP contribution in [0.4, 0.5) is 0 Å². The van der Waals surface area contributed by atoms with Crippen LogP contribution in [0.1, 0.15) is 28.2 Å². The van der Waals surface area contributed by atoms with Crippen LogP contribution in [0.3, 0.4) is 0 Å². The number of carbonyl (C=O) groups excluding carboxylic acids is 2. The summed E-state index contributed by atoms with van der Waals surface area (Å²) in [6, 6.07) is 21.7. The fourth-order valence-electron chi connectivity index (χ4n) is 5.06. The molecule has 2 amide bonds. The summed E-state index contributed by atoms with van der Waals surface area (Å²) in [5, 5.41) is 10.0. The number of nitrogens with zero attached hydrogens (tertiary/aromatic N) is 3. The van der Waals surface area contributed by atoms with E-state index < -0.39 is 0 Å². The molecule has 1 N–H and O–H groups in total. The maximum Gasteiger partial charge on any atom is 0.242 e. The van der Waals surface area contributed by atoms with Crippen molar-refractivity contribution in [1.82, 2.24) is 14.8 Å². The molecule has 2 aliphatic rings. The minimum Gasteiger partial charge on any atom is -0.394 e. The molecule has 34 heavy (non-hydrogen) atoms. The number of amides is 2. The quantitative estimate of drug-likeness (QED) is 0.583. The second-order valence-corrected chi connectivity index (χ2v) is 8.87. The van der Waals surface area contributed by atoms with Gasteiger partial charge in [0.05, 0.1) is 31.7 Å². The molecule has 0 bridgehead atoms. The van der Waals surface area contributed by atoms with Gasteiger partial charge in [-0.1, -0.05) is 72.8 Å². The van der Waals surface area contributed by atoms with Crippen molar-refractivity contribution < 1.29 is 14.7 Å². The lowest BCUT2D eigenvalue weighted by Crippen LogP contribution is -2.73. The van der Waals surface area contributed by atoms with Gasteiger partial charge < -0.3 is 14.9 Å². The second kappa shape index (κ2) is 9.61. The Hall–Kier alpha value is -3.77. The molecular formula is C28H27N3O3. The third kappa shape index (κ3) is 4.37. The van der Waals surface area contributed by atoms with Crippen LogP contribution >= 0.6 is 0 Å². The summed E-state index contributed by atoms with van der Waals surface area (Å²) in [5.41, 5.74) is 4.13. The average Bonchev–Trinajstić information content (AvgIpc) is 2.86. The fraction of sp³-hybridized carbons (Fsp3) is 0.250. The van der Waals surface area contributed by atoms with Crippen molar-refractivity contribution in [3.63, 3.8) is 0 Å². The lowest BCUT2D eigenvalue weighted by atomic mass is 9.73. The van der Waals surface area contributed by atoms with Crippen LogP contribution in [0.25, 0.3) is 12.2 Å². The van der Waals surface area contributed by atoms with E-state index in [2.05, 4.69) is 53.5 Å². The van der Waals surface area contributed by atoms with E-state index in [4.69, 9.17) is 0 Å². The Bertz CT molecular complexity index is 1180. The van der Waals surface area contributed by atoms with E-state index in [0.29, 0.717) is 6.54 Å². The van der Waals surface area contributed by atoms with E-state index in [1.807, 2.05) is 24.3 Å². The van der Waals surface area contributed by atoms with Crippen LogP contribution in [0, 0.1) is 0 Å². The number of carbonyl (C=O) groups is 2. The van der Waals surface area contributed by atoms with Crippen molar-refractivity contribution in [3.05, 3.63) is 101 Å². The van der Waals surface area contributed by atoms with Crippen molar-refractivity contribution in [2.45, 2.75) is 24.4 Å². The topological polar surface area (TPSA) is 73.7 Å². The number of aliphatic hydroxyl groups excluding tert-OH is 1. The molecule has 172 valence electrons. The molecular weight excluding hydrogens is 426 g/mol. The smallest absolute Gasteiger partial charge is 0.242 e. The molecule has 0 radical (unpaired) electrons. The van der Waals surface area contributed by atoms with Gasteiger partial charge >= 0.3 is 0 Å². The summed E-state index contributed by atoms with van der Waals surface area (Å²) in [4.78, 5) is 33.2. The molecule has 0 saturated carbocycles. The monoisotopic (exact) mass is 453 g/mol. The third-order valence-corrected chi connectivity index (χ3v) is 6.77. The second-order valence-electron chi connectivity index (χ2n) is 8.87. The predicted octanol–water partition coefficient (Wildman–Crippen LogP) is 2.99. The van der Waals surface area contributed by atoms with Gasteiger partial charge in [0.15, 0.2) is 0 Å². The number of fused-ring (bicyclic) bond motifs is 1. The Morgan fingerprint density at radius 2 is 1.74 bits per heavy atom. The van der Waals surface area contributed by atoms with Crippen molar-refractivity contribution in [3.8, 4) is 0 Å². The van der Waals surface area contributed by atoms with Gasteiger partial charge in [0.25, 0.3) is 0 Å². The Labute approximate surface area is 199 Å². The summed E-state index contributed by atoms with van der Waals surface area (Å²) in [6.45, 7) is 0.440. The molecule has 6 nitrogen and oxygen atoms in total. The highest BCUT2D eigenvalue weighted by molar-refractivity contribution is 5.88. The first-order valence-corrected chi connectivity index (χ1v) is 11.6. The van der Waals surface area contributed by atoms with E-state index in [1.54, 1.807) is 28.3 Å². The number of aliphatic hydroxyl groups is 1. The van der Waals surface area contributed by atoms with Gasteiger partial charge in [-0.2, -0.15) is 0 Å². The summed E-state index contributed by atoms with van der Waals surface area (Å²) in [6.07, 6.45) is 7.72. The first kappa shape index (κ1) is 22.0. The Balaban J connectivity index is 1.30. The Kier molecular flexibility index (Phi) is 6.23. The summed E-state index contributed by atoms with van der Waals surface area (Å²) < 4.78 is 0. The number of hydrogen-bond donors (Lipinski definition) is 1. The standard InChI is InChI=1S/C28H27N3O3/c32-19-25-28(23-12-10-21(11-13-23)9-8-20-5-2-1-3-6-20)24-17-30(18-27(34)31(24)25)26(33)15-22-7-4-14-29-16-22/h1-14,16,24-25,28,32H,15,17-19H2/t24-,25-,28+/m0/s1. The summed E-state index contributed by atoms with van der Waals surface area (Å²) in [5.74, 6) is -0.183. The number of pyridine rings is 1. The van der Waals surface area contributed by atoms with Crippen LogP contribution in [-0.4, -0.2) is 63.5 Å². The maximum absolute atomic E-state index is 12.9. The molecule has 6 heteroatoms. The molecule has 1 aromatic heterocycles. The Morgan fingerprint density at radius 3 is 2.41 bits per heavy atom. The van der Waals surface area contributed by atoms with Crippen molar-refractivity contribution in [2.75, 3.05) is 19.7 Å².